The Bertz CT molecular complexity index is 1820. The molecule has 0 radical (unpaired) electrons. The largest absolute Gasteiger partial charge is 0.311 e. The van der Waals surface area contributed by atoms with E-state index in [-0.39, 0.29) is 17.5 Å². The fraction of sp³-hybridized carbons (Fsp3) is 0. The molecule has 0 aliphatic heterocycles. The molecule has 0 heterocycles. The normalized spacial score (nSPS) is 10.8. The standard InChI is InChI=1S/C42H30F3N/c1-28(37-10-4-7-13-40(37)43)31-16-22-34(23-17-31)46(35-24-18-32(19-25-35)29(2)38-11-5-8-14-41(38)44)36-26-20-33(21-27-36)30(3)39-12-6-9-15-42(39)45/h4-27H,1-3H2. The minimum atomic E-state index is -0.327. The first-order valence-corrected chi connectivity index (χ1v) is 14.7. The van der Waals surface area contributed by atoms with E-state index in [2.05, 4.69) is 24.6 Å². The first-order chi connectivity index (χ1) is 22.3. The average Bonchev–Trinajstić information content (AvgIpc) is 3.09. The molecule has 0 unspecified atom stereocenters. The Morgan fingerprint density at radius 3 is 0.826 bits per heavy atom. The van der Waals surface area contributed by atoms with Crippen molar-refractivity contribution in [3.8, 4) is 0 Å². The van der Waals surface area contributed by atoms with Gasteiger partial charge in [-0.2, -0.15) is 0 Å². The molecular formula is C42H30F3N. The van der Waals surface area contributed by atoms with Gasteiger partial charge in [-0.25, -0.2) is 13.2 Å². The van der Waals surface area contributed by atoms with Crippen molar-refractivity contribution in [2.45, 2.75) is 0 Å². The first kappa shape index (κ1) is 30.2. The van der Waals surface area contributed by atoms with Gasteiger partial charge in [0, 0.05) is 33.8 Å². The van der Waals surface area contributed by atoms with Gasteiger partial charge >= 0.3 is 0 Å². The maximum Gasteiger partial charge on any atom is 0.131 e. The smallest absolute Gasteiger partial charge is 0.131 e. The Labute approximate surface area is 267 Å². The SMILES string of the molecule is C=C(c1ccc(N(c2ccc(C(=C)c3ccccc3F)cc2)c2ccc(C(=C)c3ccccc3F)cc2)cc1)c1ccccc1F. The molecule has 0 aliphatic carbocycles. The number of anilines is 3. The van der Waals surface area contributed by atoms with E-state index in [9.17, 15) is 13.2 Å². The van der Waals surface area contributed by atoms with Crippen LogP contribution in [0.15, 0.2) is 165 Å². The van der Waals surface area contributed by atoms with Crippen molar-refractivity contribution >= 4 is 33.8 Å². The molecule has 46 heavy (non-hydrogen) atoms. The van der Waals surface area contributed by atoms with Gasteiger partial charge in [0.15, 0.2) is 0 Å². The summed E-state index contributed by atoms with van der Waals surface area (Å²) in [6, 6.07) is 43.0. The molecule has 1 nitrogen and oxygen atoms in total. The van der Waals surface area contributed by atoms with Crippen LogP contribution in [-0.2, 0) is 0 Å². The van der Waals surface area contributed by atoms with Gasteiger partial charge in [-0.3, -0.25) is 0 Å². The molecule has 0 saturated heterocycles. The van der Waals surface area contributed by atoms with E-state index in [4.69, 9.17) is 0 Å². The predicted molar refractivity (Wildman–Crippen MR) is 185 cm³/mol. The van der Waals surface area contributed by atoms with E-state index in [0.717, 1.165) is 33.8 Å². The maximum atomic E-state index is 14.5. The van der Waals surface area contributed by atoms with Crippen molar-refractivity contribution in [1.82, 2.24) is 0 Å². The van der Waals surface area contributed by atoms with Gasteiger partial charge in [-0.05, 0) is 88.0 Å². The summed E-state index contributed by atoms with van der Waals surface area (Å²) >= 11 is 0. The highest BCUT2D eigenvalue weighted by Crippen LogP contribution is 2.38. The van der Waals surface area contributed by atoms with Gasteiger partial charge in [-0.15, -0.1) is 0 Å². The topological polar surface area (TPSA) is 3.24 Å². The second kappa shape index (κ2) is 13.0. The summed E-state index contributed by atoms with van der Waals surface area (Å²) in [6.07, 6.45) is 0. The summed E-state index contributed by atoms with van der Waals surface area (Å²) in [5.74, 6) is -0.980. The lowest BCUT2D eigenvalue weighted by Gasteiger charge is -2.26. The van der Waals surface area contributed by atoms with Gasteiger partial charge in [0.05, 0.1) is 0 Å². The van der Waals surface area contributed by atoms with Crippen LogP contribution < -0.4 is 4.90 Å². The number of halogens is 3. The van der Waals surface area contributed by atoms with Gasteiger partial charge in [0.25, 0.3) is 0 Å². The highest BCUT2D eigenvalue weighted by Gasteiger charge is 2.16. The van der Waals surface area contributed by atoms with E-state index >= 15 is 0 Å². The monoisotopic (exact) mass is 605 g/mol. The Morgan fingerprint density at radius 2 is 0.587 bits per heavy atom. The van der Waals surface area contributed by atoms with Crippen LogP contribution in [0.25, 0.3) is 16.7 Å². The Morgan fingerprint density at radius 1 is 0.348 bits per heavy atom. The molecule has 0 saturated carbocycles. The molecule has 0 amide bonds. The van der Waals surface area contributed by atoms with Gasteiger partial charge in [0.2, 0.25) is 0 Å². The second-order valence-corrected chi connectivity index (χ2v) is 10.9. The highest BCUT2D eigenvalue weighted by atomic mass is 19.1. The summed E-state index contributed by atoms with van der Waals surface area (Å²) < 4.78 is 43.5. The molecule has 0 N–H and O–H groups in total. The molecule has 6 aromatic carbocycles. The van der Waals surface area contributed by atoms with Crippen LogP contribution in [0.3, 0.4) is 0 Å². The molecule has 0 spiro atoms. The molecule has 0 aliphatic rings. The third-order valence-corrected chi connectivity index (χ3v) is 8.02. The van der Waals surface area contributed by atoms with E-state index < -0.39 is 0 Å². The Kier molecular flexibility index (Phi) is 8.53. The van der Waals surface area contributed by atoms with Crippen LogP contribution in [0.5, 0.6) is 0 Å². The van der Waals surface area contributed by atoms with E-state index in [0.29, 0.717) is 33.4 Å². The third kappa shape index (κ3) is 6.06. The number of nitrogens with zero attached hydrogens (tertiary/aromatic N) is 1. The minimum absolute atomic E-state index is 0.327. The van der Waals surface area contributed by atoms with Crippen molar-refractivity contribution in [3.63, 3.8) is 0 Å². The molecule has 0 fully saturated rings. The maximum absolute atomic E-state index is 14.5. The molecule has 6 aromatic rings. The number of hydrogen-bond donors (Lipinski definition) is 0. The van der Waals surface area contributed by atoms with Crippen LogP contribution in [0.2, 0.25) is 0 Å². The minimum Gasteiger partial charge on any atom is -0.311 e. The van der Waals surface area contributed by atoms with Crippen LogP contribution >= 0.6 is 0 Å². The van der Waals surface area contributed by atoms with Crippen molar-refractivity contribution in [2.75, 3.05) is 4.90 Å². The lowest BCUT2D eigenvalue weighted by Crippen LogP contribution is -2.10. The number of benzene rings is 6. The lowest BCUT2D eigenvalue weighted by atomic mass is 9.97. The number of hydrogen-bond acceptors (Lipinski definition) is 1. The summed E-state index contributed by atoms with van der Waals surface area (Å²) in [4.78, 5) is 2.07. The molecule has 6 rings (SSSR count). The fourth-order valence-electron chi connectivity index (χ4n) is 5.47. The average molecular weight is 606 g/mol. The molecule has 0 atom stereocenters. The van der Waals surface area contributed by atoms with Crippen LogP contribution in [0.1, 0.15) is 33.4 Å². The van der Waals surface area contributed by atoms with Crippen molar-refractivity contribution in [3.05, 3.63) is 216 Å². The summed E-state index contributed by atoms with van der Waals surface area (Å²) in [5.41, 5.74) is 8.04. The molecule has 4 heteroatoms. The molecule has 224 valence electrons. The van der Waals surface area contributed by atoms with E-state index in [1.54, 1.807) is 54.6 Å². The van der Waals surface area contributed by atoms with Crippen LogP contribution in [0.4, 0.5) is 30.2 Å². The second-order valence-electron chi connectivity index (χ2n) is 10.9. The van der Waals surface area contributed by atoms with E-state index in [1.807, 2.05) is 72.8 Å². The summed E-state index contributed by atoms with van der Waals surface area (Å²) in [6.45, 7) is 12.4. The Hall–Kier alpha value is -5.87. The zero-order valence-corrected chi connectivity index (χ0v) is 25.1. The van der Waals surface area contributed by atoms with Gasteiger partial charge in [0.1, 0.15) is 17.5 Å². The highest BCUT2D eigenvalue weighted by molar-refractivity contribution is 5.85. The van der Waals surface area contributed by atoms with Crippen molar-refractivity contribution in [2.24, 2.45) is 0 Å². The fourth-order valence-corrected chi connectivity index (χ4v) is 5.47. The summed E-state index contributed by atoms with van der Waals surface area (Å²) in [7, 11) is 0. The molecule has 0 bridgehead atoms. The molecular weight excluding hydrogens is 575 g/mol. The van der Waals surface area contributed by atoms with Gasteiger partial charge < -0.3 is 4.90 Å². The lowest BCUT2D eigenvalue weighted by molar-refractivity contribution is 0.624. The summed E-state index contributed by atoms with van der Waals surface area (Å²) in [5, 5.41) is 0. The number of rotatable bonds is 9. The van der Waals surface area contributed by atoms with Gasteiger partial charge in [-0.1, -0.05) is 111 Å². The van der Waals surface area contributed by atoms with Crippen molar-refractivity contribution < 1.29 is 13.2 Å². The van der Waals surface area contributed by atoms with Crippen LogP contribution in [0, 0.1) is 17.5 Å². The predicted octanol–water partition coefficient (Wildman–Crippen LogP) is 11.8. The molecule has 0 aromatic heterocycles. The van der Waals surface area contributed by atoms with Crippen molar-refractivity contribution in [1.29, 1.82) is 0 Å². The van der Waals surface area contributed by atoms with E-state index in [1.165, 1.54) is 18.2 Å². The quantitative estimate of drug-likeness (QED) is 0.158. The zero-order valence-electron chi connectivity index (χ0n) is 25.1. The zero-order chi connectivity index (χ0) is 32.2. The first-order valence-electron chi connectivity index (χ1n) is 14.7. The third-order valence-electron chi connectivity index (χ3n) is 8.02. The van der Waals surface area contributed by atoms with Crippen LogP contribution in [-0.4, -0.2) is 0 Å². The Balaban J connectivity index is 1.36.